The minimum atomic E-state index is -0.532. The van der Waals surface area contributed by atoms with Crippen LogP contribution in [0.25, 0.3) is 0 Å². The number of aromatic hydroxyl groups is 1. The van der Waals surface area contributed by atoms with Gasteiger partial charge in [-0.25, -0.2) is 4.39 Å². The van der Waals surface area contributed by atoms with Crippen LogP contribution in [-0.4, -0.2) is 22.0 Å². The summed E-state index contributed by atoms with van der Waals surface area (Å²) in [6.07, 6.45) is 1.90. The Morgan fingerprint density at radius 2 is 2.19 bits per heavy atom. The summed E-state index contributed by atoms with van der Waals surface area (Å²) in [7, 11) is 0. The van der Waals surface area contributed by atoms with E-state index in [-0.39, 0.29) is 11.3 Å². The minimum absolute atomic E-state index is 0.0190. The van der Waals surface area contributed by atoms with E-state index in [1.54, 1.807) is 0 Å². The third kappa shape index (κ3) is 3.96. The molecular formula is C11H13FINO2. The summed E-state index contributed by atoms with van der Waals surface area (Å²) < 4.78 is 13.9. The number of unbranched alkanes of at least 4 members (excludes halogenated alkanes) is 1. The predicted molar refractivity (Wildman–Crippen MR) is 68.5 cm³/mol. The van der Waals surface area contributed by atoms with E-state index in [2.05, 4.69) is 27.9 Å². The molecule has 1 rings (SSSR count). The monoisotopic (exact) mass is 337 g/mol. The van der Waals surface area contributed by atoms with E-state index >= 15 is 0 Å². The molecule has 0 bridgehead atoms. The first-order valence-corrected chi connectivity index (χ1v) is 6.50. The van der Waals surface area contributed by atoms with Crippen LogP contribution in [0.5, 0.6) is 5.75 Å². The van der Waals surface area contributed by atoms with Gasteiger partial charge in [0.2, 0.25) is 0 Å². The highest BCUT2D eigenvalue weighted by Gasteiger charge is 2.11. The Kier molecular flexibility index (Phi) is 5.51. The van der Waals surface area contributed by atoms with Crippen LogP contribution >= 0.6 is 22.6 Å². The van der Waals surface area contributed by atoms with Crippen LogP contribution in [0.2, 0.25) is 0 Å². The van der Waals surface area contributed by atoms with Crippen LogP contribution in [0.15, 0.2) is 18.2 Å². The van der Waals surface area contributed by atoms with Crippen LogP contribution in [-0.2, 0) is 0 Å². The topological polar surface area (TPSA) is 49.3 Å². The number of phenols is 1. The molecule has 0 spiro atoms. The molecule has 0 heterocycles. The molecule has 0 aromatic heterocycles. The molecule has 0 aliphatic carbocycles. The fourth-order valence-electron chi connectivity index (χ4n) is 1.21. The van der Waals surface area contributed by atoms with Crippen LogP contribution < -0.4 is 5.32 Å². The van der Waals surface area contributed by atoms with E-state index in [9.17, 15) is 14.3 Å². The Hall–Kier alpha value is -0.850. The third-order valence-corrected chi connectivity index (χ3v) is 2.81. The zero-order chi connectivity index (χ0) is 12.0. The lowest BCUT2D eigenvalue weighted by atomic mass is 10.2. The lowest BCUT2D eigenvalue weighted by molar-refractivity contribution is 0.0950. The van der Waals surface area contributed by atoms with Gasteiger partial charge in [0.15, 0.2) is 0 Å². The van der Waals surface area contributed by atoms with E-state index in [1.165, 1.54) is 6.07 Å². The van der Waals surface area contributed by atoms with Crippen LogP contribution in [0.1, 0.15) is 23.2 Å². The SMILES string of the molecule is O=C(NCCCCI)c1cc(F)ccc1O. The van der Waals surface area contributed by atoms with Crippen LogP contribution in [0.4, 0.5) is 4.39 Å². The maximum Gasteiger partial charge on any atom is 0.255 e. The van der Waals surface area contributed by atoms with Gasteiger partial charge in [-0.2, -0.15) is 0 Å². The van der Waals surface area contributed by atoms with Crippen molar-refractivity contribution in [2.75, 3.05) is 11.0 Å². The van der Waals surface area contributed by atoms with Gasteiger partial charge in [-0.3, -0.25) is 4.79 Å². The number of amides is 1. The van der Waals surface area contributed by atoms with E-state index in [0.29, 0.717) is 6.54 Å². The largest absolute Gasteiger partial charge is 0.507 e. The molecule has 1 aromatic rings. The summed E-state index contributed by atoms with van der Waals surface area (Å²) in [6, 6.07) is 3.32. The maximum absolute atomic E-state index is 12.9. The number of hydrogen-bond acceptors (Lipinski definition) is 2. The van der Waals surface area contributed by atoms with Gasteiger partial charge in [-0.1, -0.05) is 22.6 Å². The zero-order valence-corrected chi connectivity index (χ0v) is 10.8. The van der Waals surface area contributed by atoms with Gasteiger partial charge < -0.3 is 10.4 Å². The van der Waals surface area contributed by atoms with Gasteiger partial charge in [0.1, 0.15) is 11.6 Å². The maximum atomic E-state index is 12.9. The first-order chi connectivity index (χ1) is 7.65. The molecule has 0 saturated heterocycles. The average molecular weight is 337 g/mol. The molecule has 0 fully saturated rings. The molecule has 88 valence electrons. The molecule has 0 saturated carbocycles. The number of hydrogen-bond donors (Lipinski definition) is 2. The van der Waals surface area contributed by atoms with Crippen molar-refractivity contribution in [3.8, 4) is 5.75 Å². The normalized spacial score (nSPS) is 10.1. The van der Waals surface area contributed by atoms with Gasteiger partial charge in [-0.05, 0) is 35.5 Å². The van der Waals surface area contributed by atoms with E-state index in [4.69, 9.17) is 0 Å². The molecule has 0 aliphatic rings. The number of alkyl halides is 1. The molecule has 5 heteroatoms. The average Bonchev–Trinajstić information content (AvgIpc) is 2.27. The van der Waals surface area contributed by atoms with Crippen molar-refractivity contribution in [1.29, 1.82) is 0 Å². The number of nitrogens with one attached hydrogen (secondary N) is 1. The van der Waals surface area contributed by atoms with Gasteiger partial charge in [-0.15, -0.1) is 0 Å². The second-order valence-corrected chi connectivity index (χ2v) is 4.39. The highest BCUT2D eigenvalue weighted by molar-refractivity contribution is 14.1. The fraction of sp³-hybridized carbons (Fsp3) is 0.364. The second kappa shape index (κ2) is 6.67. The van der Waals surface area contributed by atoms with Crippen molar-refractivity contribution in [3.05, 3.63) is 29.6 Å². The van der Waals surface area contributed by atoms with Crippen LogP contribution in [0.3, 0.4) is 0 Å². The van der Waals surface area contributed by atoms with Gasteiger partial charge in [0, 0.05) is 6.54 Å². The second-order valence-electron chi connectivity index (χ2n) is 3.31. The summed E-state index contributed by atoms with van der Waals surface area (Å²) in [5, 5.41) is 12.0. The van der Waals surface area contributed by atoms with Crippen molar-refractivity contribution in [2.24, 2.45) is 0 Å². The van der Waals surface area contributed by atoms with Crippen molar-refractivity contribution < 1.29 is 14.3 Å². The minimum Gasteiger partial charge on any atom is -0.507 e. The molecule has 2 N–H and O–H groups in total. The quantitative estimate of drug-likeness (QED) is 0.493. The smallest absolute Gasteiger partial charge is 0.255 e. The molecular weight excluding hydrogens is 324 g/mol. The number of benzene rings is 1. The molecule has 1 amide bonds. The van der Waals surface area contributed by atoms with Gasteiger partial charge in [0.05, 0.1) is 5.56 Å². The lowest BCUT2D eigenvalue weighted by Gasteiger charge is -2.06. The van der Waals surface area contributed by atoms with Crippen molar-refractivity contribution in [3.63, 3.8) is 0 Å². The molecule has 0 atom stereocenters. The summed E-state index contributed by atoms with van der Waals surface area (Å²) >= 11 is 2.26. The summed E-state index contributed by atoms with van der Waals surface area (Å²) in [5.74, 6) is -1.17. The van der Waals surface area contributed by atoms with Crippen molar-refractivity contribution in [1.82, 2.24) is 5.32 Å². The highest BCUT2D eigenvalue weighted by Crippen LogP contribution is 2.17. The number of halogens is 2. The van der Waals surface area contributed by atoms with Crippen molar-refractivity contribution in [2.45, 2.75) is 12.8 Å². The molecule has 3 nitrogen and oxygen atoms in total. The van der Waals surface area contributed by atoms with Gasteiger partial charge >= 0.3 is 0 Å². The predicted octanol–water partition coefficient (Wildman–Crippen LogP) is 2.48. The van der Waals surface area contributed by atoms with Crippen molar-refractivity contribution >= 4 is 28.5 Å². The molecule has 0 unspecified atom stereocenters. The highest BCUT2D eigenvalue weighted by atomic mass is 127. The Labute approximate surface area is 107 Å². The first kappa shape index (κ1) is 13.2. The zero-order valence-electron chi connectivity index (χ0n) is 8.67. The molecule has 1 aromatic carbocycles. The summed E-state index contributed by atoms with van der Waals surface area (Å²) in [4.78, 5) is 11.5. The number of carbonyl (C=O) groups is 1. The van der Waals surface area contributed by atoms with Crippen LogP contribution in [0, 0.1) is 5.82 Å². The third-order valence-electron chi connectivity index (χ3n) is 2.05. The number of phenolic OH excluding ortho intramolecular Hbond substituents is 1. The Morgan fingerprint density at radius 3 is 2.88 bits per heavy atom. The fourth-order valence-corrected chi connectivity index (χ4v) is 1.75. The summed E-state index contributed by atoms with van der Waals surface area (Å²) in [6.45, 7) is 0.539. The Balaban J connectivity index is 2.55. The molecule has 0 aliphatic heterocycles. The number of carbonyl (C=O) groups excluding carboxylic acids is 1. The van der Waals surface area contributed by atoms with E-state index in [1.807, 2.05) is 0 Å². The first-order valence-electron chi connectivity index (χ1n) is 4.98. The van der Waals surface area contributed by atoms with E-state index < -0.39 is 11.7 Å². The molecule has 0 radical (unpaired) electrons. The summed E-state index contributed by atoms with van der Waals surface area (Å²) in [5.41, 5.74) is -0.0190. The Bertz CT molecular complexity index is 371. The van der Waals surface area contributed by atoms with E-state index in [0.717, 1.165) is 29.4 Å². The lowest BCUT2D eigenvalue weighted by Crippen LogP contribution is -2.24. The molecule has 16 heavy (non-hydrogen) atoms. The van der Waals surface area contributed by atoms with Gasteiger partial charge in [0.25, 0.3) is 5.91 Å². The standard InChI is InChI=1S/C11H13FINO2/c12-8-3-4-10(15)9(7-8)11(16)14-6-2-1-5-13/h3-4,7,15H,1-2,5-6H2,(H,14,16). The number of rotatable bonds is 5. The Morgan fingerprint density at radius 1 is 1.44 bits per heavy atom.